The van der Waals surface area contributed by atoms with Gasteiger partial charge in [-0.05, 0) is 61.1 Å². The number of amides is 2. The van der Waals surface area contributed by atoms with Crippen molar-refractivity contribution >= 4 is 33.6 Å². The highest BCUT2D eigenvalue weighted by molar-refractivity contribution is 7.98. The molecule has 3 unspecified atom stereocenters. The number of esters is 1. The molecule has 0 spiro atoms. The average Bonchev–Trinajstić information content (AvgIpc) is 2.74. The fraction of sp³-hybridized carbons (Fsp3) is 0.364. The lowest BCUT2D eigenvalue weighted by Gasteiger charge is -2.37. The maximum absolute atomic E-state index is 13.1. The van der Waals surface area contributed by atoms with Crippen LogP contribution >= 0.6 is 11.8 Å². The number of ether oxygens (including phenoxy) is 1. The zero-order valence-electron chi connectivity index (χ0n) is 17.8. The van der Waals surface area contributed by atoms with Gasteiger partial charge in [-0.15, -0.1) is 11.8 Å². The average molecular weight is 463 g/mol. The fourth-order valence-corrected chi connectivity index (χ4v) is 5.77. The van der Waals surface area contributed by atoms with Crippen LogP contribution in [0, 0.1) is 19.8 Å². The molecule has 1 saturated heterocycles. The molecule has 1 aliphatic heterocycles. The first-order valence-electron chi connectivity index (χ1n) is 9.75. The second-order valence-corrected chi connectivity index (χ2v) is 10.5. The van der Waals surface area contributed by atoms with Crippen molar-refractivity contribution in [1.29, 1.82) is 0 Å². The largest absolute Gasteiger partial charge is 0.469 e. The Labute approximate surface area is 186 Å². The minimum absolute atomic E-state index is 0.160. The molecular formula is C22H26N2O5S2. The van der Waals surface area contributed by atoms with E-state index in [4.69, 9.17) is 4.74 Å². The number of rotatable bonds is 6. The molecule has 2 amide bonds. The Bertz CT molecular complexity index is 1100. The van der Waals surface area contributed by atoms with Gasteiger partial charge in [0.15, 0.2) is 9.84 Å². The summed E-state index contributed by atoms with van der Waals surface area (Å²) in [4.78, 5) is 26.3. The predicted octanol–water partition coefficient (Wildman–Crippen LogP) is 3.01. The molecule has 31 heavy (non-hydrogen) atoms. The van der Waals surface area contributed by atoms with Gasteiger partial charge in [-0.1, -0.05) is 18.2 Å². The Kier molecular flexibility index (Phi) is 6.96. The van der Waals surface area contributed by atoms with Crippen molar-refractivity contribution in [2.24, 2.45) is 5.92 Å². The maximum atomic E-state index is 13.1. The number of nitrogens with one attached hydrogen (secondary N) is 2. The standard InChI is InChI=1S/C22H26N2O5S2/c1-13-8-9-17(10-14(13)2)31(27,28)12-18-19(21(25)29-3)20(24-22(26)23-18)15-6-5-7-16(11-15)30-4/h5-11,18-20H,12H2,1-4H3,(H2,23,24,26). The van der Waals surface area contributed by atoms with E-state index in [2.05, 4.69) is 10.6 Å². The highest BCUT2D eigenvalue weighted by atomic mass is 32.2. The molecule has 9 heteroatoms. The number of thioether (sulfide) groups is 1. The number of carbonyl (C=O) groups excluding carboxylic acids is 2. The van der Waals surface area contributed by atoms with Gasteiger partial charge >= 0.3 is 12.0 Å². The first-order chi connectivity index (χ1) is 14.7. The van der Waals surface area contributed by atoms with Crippen molar-refractivity contribution in [3.63, 3.8) is 0 Å². The molecule has 0 radical (unpaired) electrons. The number of carbonyl (C=O) groups is 2. The molecule has 2 aromatic carbocycles. The lowest BCUT2D eigenvalue weighted by molar-refractivity contribution is -0.147. The number of benzene rings is 2. The van der Waals surface area contributed by atoms with E-state index in [0.717, 1.165) is 16.0 Å². The molecule has 1 fully saturated rings. The zero-order valence-corrected chi connectivity index (χ0v) is 19.5. The second-order valence-electron chi connectivity index (χ2n) is 7.56. The van der Waals surface area contributed by atoms with Crippen LogP contribution in [0.5, 0.6) is 0 Å². The molecule has 3 atom stereocenters. The number of aryl methyl sites for hydroxylation is 2. The summed E-state index contributed by atoms with van der Waals surface area (Å²) in [5.74, 6) is -1.92. The zero-order chi connectivity index (χ0) is 22.8. The van der Waals surface area contributed by atoms with Crippen LogP contribution in [0.25, 0.3) is 0 Å². The Balaban J connectivity index is 1.99. The SMILES string of the molecule is COC(=O)C1C(CS(=O)(=O)c2ccc(C)c(C)c2)NC(=O)NC1c1cccc(SC)c1. The van der Waals surface area contributed by atoms with E-state index in [1.165, 1.54) is 18.9 Å². The quantitative estimate of drug-likeness (QED) is 0.506. The molecule has 3 rings (SSSR count). The second kappa shape index (κ2) is 9.32. The molecule has 0 bridgehead atoms. The smallest absolute Gasteiger partial charge is 0.315 e. The van der Waals surface area contributed by atoms with Crippen LogP contribution in [-0.2, 0) is 19.4 Å². The molecule has 2 N–H and O–H groups in total. The summed E-state index contributed by atoms with van der Waals surface area (Å²) in [5, 5.41) is 5.39. The van der Waals surface area contributed by atoms with Crippen molar-refractivity contribution in [3.05, 3.63) is 59.2 Å². The van der Waals surface area contributed by atoms with Gasteiger partial charge in [0.1, 0.15) is 5.92 Å². The van der Waals surface area contributed by atoms with Crippen LogP contribution in [0.15, 0.2) is 52.3 Å². The summed E-state index contributed by atoms with van der Waals surface area (Å²) in [6.07, 6.45) is 1.93. The van der Waals surface area contributed by atoms with Crippen LogP contribution in [0.3, 0.4) is 0 Å². The van der Waals surface area contributed by atoms with Gasteiger partial charge in [-0.25, -0.2) is 13.2 Å². The minimum Gasteiger partial charge on any atom is -0.469 e. The fourth-order valence-electron chi connectivity index (χ4n) is 3.71. The molecule has 0 aromatic heterocycles. The van der Waals surface area contributed by atoms with Gasteiger partial charge in [-0.3, -0.25) is 4.79 Å². The lowest BCUT2D eigenvalue weighted by atomic mass is 9.86. The maximum Gasteiger partial charge on any atom is 0.315 e. The van der Waals surface area contributed by atoms with Crippen LogP contribution in [0.1, 0.15) is 22.7 Å². The van der Waals surface area contributed by atoms with Crippen molar-refractivity contribution in [1.82, 2.24) is 10.6 Å². The Morgan fingerprint density at radius 1 is 1.10 bits per heavy atom. The number of sulfone groups is 1. The van der Waals surface area contributed by atoms with E-state index >= 15 is 0 Å². The van der Waals surface area contributed by atoms with E-state index < -0.39 is 45.6 Å². The first-order valence-corrected chi connectivity index (χ1v) is 12.6. The normalized spacial score (nSPS) is 21.2. The molecular weight excluding hydrogens is 436 g/mol. The minimum atomic E-state index is -3.77. The highest BCUT2D eigenvalue weighted by Gasteiger charge is 2.44. The Morgan fingerprint density at radius 2 is 1.84 bits per heavy atom. The topological polar surface area (TPSA) is 102 Å². The highest BCUT2D eigenvalue weighted by Crippen LogP contribution is 2.32. The first kappa shape index (κ1) is 23.1. The predicted molar refractivity (Wildman–Crippen MR) is 120 cm³/mol. The summed E-state index contributed by atoms with van der Waals surface area (Å²) in [5.41, 5.74) is 2.55. The monoisotopic (exact) mass is 462 g/mol. The third-order valence-corrected chi connectivity index (χ3v) is 8.05. The number of urea groups is 1. The summed E-state index contributed by atoms with van der Waals surface area (Å²) in [6, 6.07) is 10.2. The van der Waals surface area contributed by atoms with Crippen molar-refractivity contribution < 1.29 is 22.7 Å². The Morgan fingerprint density at radius 3 is 2.48 bits per heavy atom. The molecule has 0 saturated carbocycles. The molecule has 7 nitrogen and oxygen atoms in total. The van der Waals surface area contributed by atoms with Crippen molar-refractivity contribution in [2.45, 2.75) is 35.7 Å². The van der Waals surface area contributed by atoms with Crippen LogP contribution in [-0.4, -0.2) is 45.6 Å². The summed E-state index contributed by atoms with van der Waals surface area (Å²) in [7, 11) is -2.52. The molecule has 0 aliphatic carbocycles. The summed E-state index contributed by atoms with van der Waals surface area (Å²) >= 11 is 1.53. The van der Waals surface area contributed by atoms with Gasteiger partial charge in [0, 0.05) is 4.90 Å². The number of methoxy groups -OCH3 is 1. The number of hydrogen-bond donors (Lipinski definition) is 2. The summed E-state index contributed by atoms with van der Waals surface area (Å²) < 4.78 is 31.3. The van der Waals surface area contributed by atoms with E-state index in [9.17, 15) is 18.0 Å². The van der Waals surface area contributed by atoms with Crippen LogP contribution < -0.4 is 10.6 Å². The van der Waals surface area contributed by atoms with Gasteiger partial charge in [0.2, 0.25) is 0 Å². The van der Waals surface area contributed by atoms with Gasteiger partial charge < -0.3 is 15.4 Å². The third-order valence-electron chi connectivity index (χ3n) is 5.56. The van der Waals surface area contributed by atoms with Crippen LogP contribution in [0.4, 0.5) is 4.79 Å². The van der Waals surface area contributed by atoms with Crippen molar-refractivity contribution in [2.75, 3.05) is 19.1 Å². The van der Waals surface area contributed by atoms with E-state index in [-0.39, 0.29) is 4.90 Å². The molecule has 1 aliphatic rings. The summed E-state index contributed by atoms with van der Waals surface area (Å²) in [6.45, 7) is 3.74. The van der Waals surface area contributed by atoms with Gasteiger partial charge in [0.25, 0.3) is 0 Å². The third kappa shape index (κ3) is 5.04. The Hall–Kier alpha value is -2.52. The van der Waals surface area contributed by atoms with E-state index in [1.807, 2.05) is 38.3 Å². The van der Waals surface area contributed by atoms with Crippen molar-refractivity contribution in [3.8, 4) is 0 Å². The molecule has 166 valence electrons. The van der Waals surface area contributed by atoms with Gasteiger partial charge in [-0.2, -0.15) is 0 Å². The lowest BCUT2D eigenvalue weighted by Crippen LogP contribution is -2.60. The van der Waals surface area contributed by atoms with E-state index in [0.29, 0.717) is 5.56 Å². The number of hydrogen-bond acceptors (Lipinski definition) is 6. The van der Waals surface area contributed by atoms with Crippen LogP contribution in [0.2, 0.25) is 0 Å². The van der Waals surface area contributed by atoms with Gasteiger partial charge in [0.05, 0.1) is 29.8 Å². The molecule has 2 aromatic rings. The van der Waals surface area contributed by atoms with E-state index in [1.54, 1.807) is 24.3 Å². The molecule has 1 heterocycles.